The van der Waals surface area contributed by atoms with Crippen LogP contribution in [0.15, 0.2) is 72.9 Å². The Balaban J connectivity index is 1.32. The molecule has 1 aliphatic heterocycles. The number of rotatable bonds is 6. The number of carbonyl (C=O) groups excluding carboxylic acids is 3. The molecule has 0 saturated carbocycles. The fourth-order valence-electron chi connectivity index (χ4n) is 4.92. The number of hydrogen-bond acceptors (Lipinski definition) is 3. The number of aromatic amines is 1. The fraction of sp³-hybridized carbons (Fsp3) is 0.269. The highest BCUT2D eigenvalue weighted by Crippen LogP contribution is 2.35. The first-order valence-corrected chi connectivity index (χ1v) is 11.0. The molecule has 3 unspecified atom stereocenters. The number of imide groups is 1. The third-order valence-corrected chi connectivity index (χ3v) is 6.60. The Labute approximate surface area is 186 Å². The number of benzene rings is 2. The van der Waals surface area contributed by atoms with Gasteiger partial charge in [0.2, 0.25) is 17.7 Å². The van der Waals surface area contributed by atoms with Gasteiger partial charge < -0.3 is 10.3 Å². The molecule has 2 aliphatic rings. The lowest BCUT2D eigenvalue weighted by Gasteiger charge is -2.20. The van der Waals surface area contributed by atoms with E-state index in [9.17, 15) is 14.4 Å². The average Bonchev–Trinajstić information content (AvgIpc) is 3.36. The summed E-state index contributed by atoms with van der Waals surface area (Å²) in [6.07, 6.45) is 7.02. The highest BCUT2D eigenvalue weighted by Gasteiger charge is 2.47. The predicted molar refractivity (Wildman–Crippen MR) is 122 cm³/mol. The normalized spacial score (nSPS) is 21.1. The topological polar surface area (TPSA) is 82.3 Å². The van der Waals surface area contributed by atoms with Crippen molar-refractivity contribution in [3.8, 4) is 0 Å². The molecule has 1 aliphatic carbocycles. The summed E-state index contributed by atoms with van der Waals surface area (Å²) in [6.45, 7) is 0.148. The van der Waals surface area contributed by atoms with Crippen molar-refractivity contribution < 1.29 is 14.4 Å². The molecular weight excluding hydrogens is 402 g/mol. The van der Waals surface area contributed by atoms with Gasteiger partial charge in [0, 0.05) is 29.6 Å². The van der Waals surface area contributed by atoms with Crippen molar-refractivity contribution in [3.05, 3.63) is 84.1 Å². The van der Waals surface area contributed by atoms with Crippen LogP contribution in [-0.4, -0.2) is 40.7 Å². The minimum Gasteiger partial charge on any atom is -0.361 e. The van der Waals surface area contributed by atoms with Crippen LogP contribution in [0.5, 0.6) is 0 Å². The van der Waals surface area contributed by atoms with Gasteiger partial charge in [0.1, 0.15) is 6.54 Å². The van der Waals surface area contributed by atoms with Crippen molar-refractivity contribution in [2.75, 3.05) is 13.1 Å². The van der Waals surface area contributed by atoms with E-state index in [-0.39, 0.29) is 42.0 Å². The number of H-pyrrole nitrogens is 1. The Hall–Kier alpha value is -3.67. The lowest BCUT2D eigenvalue weighted by Crippen LogP contribution is -2.42. The molecule has 1 fully saturated rings. The summed E-state index contributed by atoms with van der Waals surface area (Å²) >= 11 is 0. The molecule has 6 heteroatoms. The smallest absolute Gasteiger partial charge is 0.240 e. The van der Waals surface area contributed by atoms with Gasteiger partial charge in [0.05, 0.1) is 11.8 Å². The molecule has 5 rings (SSSR count). The average molecular weight is 428 g/mol. The first-order chi connectivity index (χ1) is 15.6. The number of para-hydroxylation sites is 1. The number of carbonyl (C=O) groups is 3. The zero-order chi connectivity index (χ0) is 22.1. The van der Waals surface area contributed by atoms with Gasteiger partial charge in [-0.05, 0) is 30.0 Å². The molecule has 0 radical (unpaired) electrons. The second kappa shape index (κ2) is 8.46. The number of fused-ring (bicyclic) bond motifs is 2. The van der Waals surface area contributed by atoms with E-state index in [1.54, 1.807) is 0 Å². The van der Waals surface area contributed by atoms with Gasteiger partial charge in [0.25, 0.3) is 0 Å². The molecule has 2 N–H and O–H groups in total. The maximum atomic E-state index is 12.8. The number of nitrogens with one attached hydrogen (secondary N) is 2. The Bertz CT molecular complexity index is 1170. The van der Waals surface area contributed by atoms with E-state index < -0.39 is 0 Å². The summed E-state index contributed by atoms with van der Waals surface area (Å²) in [6, 6.07) is 18.1. The van der Waals surface area contributed by atoms with Gasteiger partial charge in [-0.15, -0.1) is 0 Å². The van der Waals surface area contributed by atoms with Crippen LogP contribution in [0.25, 0.3) is 10.9 Å². The van der Waals surface area contributed by atoms with Crippen molar-refractivity contribution >= 4 is 28.6 Å². The molecular formula is C26H25N3O3. The van der Waals surface area contributed by atoms with Crippen LogP contribution in [0.3, 0.4) is 0 Å². The molecule has 3 amide bonds. The Kier molecular flexibility index (Phi) is 5.35. The Morgan fingerprint density at radius 1 is 0.969 bits per heavy atom. The highest BCUT2D eigenvalue weighted by molar-refractivity contribution is 6.07. The molecule has 1 saturated heterocycles. The summed E-state index contributed by atoms with van der Waals surface area (Å²) in [7, 11) is 0. The zero-order valence-corrected chi connectivity index (χ0v) is 17.7. The van der Waals surface area contributed by atoms with E-state index in [2.05, 4.69) is 16.4 Å². The van der Waals surface area contributed by atoms with Crippen LogP contribution in [0.1, 0.15) is 29.9 Å². The summed E-state index contributed by atoms with van der Waals surface area (Å²) in [5, 5.41) is 4.08. The van der Waals surface area contributed by atoms with Gasteiger partial charge in [0.15, 0.2) is 0 Å². The van der Waals surface area contributed by atoms with Crippen LogP contribution in [-0.2, 0) is 14.4 Å². The van der Waals surface area contributed by atoms with Gasteiger partial charge in [-0.3, -0.25) is 19.3 Å². The molecule has 0 bridgehead atoms. The van der Waals surface area contributed by atoms with E-state index >= 15 is 0 Å². The second-order valence-corrected chi connectivity index (χ2v) is 8.48. The number of allylic oxidation sites excluding steroid dienone is 2. The first-order valence-electron chi connectivity index (χ1n) is 11.0. The minimum atomic E-state index is -0.320. The van der Waals surface area contributed by atoms with Gasteiger partial charge >= 0.3 is 0 Å². The maximum absolute atomic E-state index is 12.8. The zero-order valence-electron chi connectivity index (χ0n) is 17.7. The van der Waals surface area contributed by atoms with Crippen LogP contribution in [0.4, 0.5) is 0 Å². The summed E-state index contributed by atoms with van der Waals surface area (Å²) in [5.74, 6) is -1.47. The van der Waals surface area contributed by atoms with Gasteiger partial charge in [-0.25, -0.2) is 0 Å². The number of aromatic nitrogens is 1. The van der Waals surface area contributed by atoms with Crippen molar-refractivity contribution in [2.24, 2.45) is 11.8 Å². The molecule has 2 aromatic carbocycles. The molecule has 2 heterocycles. The van der Waals surface area contributed by atoms with E-state index in [1.807, 2.05) is 66.9 Å². The molecule has 1 aromatic heterocycles. The van der Waals surface area contributed by atoms with Crippen molar-refractivity contribution in [2.45, 2.75) is 18.8 Å². The molecule has 3 atom stereocenters. The van der Waals surface area contributed by atoms with E-state index in [4.69, 9.17) is 0 Å². The summed E-state index contributed by atoms with van der Waals surface area (Å²) in [4.78, 5) is 42.6. The van der Waals surface area contributed by atoms with Crippen molar-refractivity contribution in [1.29, 1.82) is 0 Å². The molecule has 3 aromatic rings. The molecule has 0 spiro atoms. The van der Waals surface area contributed by atoms with Crippen LogP contribution >= 0.6 is 0 Å². The van der Waals surface area contributed by atoms with Crippen LogP contribution in [0.2, 0.25) is 0 Å². The largest absolute Gasteiger partial charge is 0.361 e. The molecule has 32 heavy (non-hydrogen) atoms. The minimum absolute atomic E-state index is 0.0620. The highest BCUT2D eigenvalue weighted by atomic mass is 16.2. The maximum Gasteiger partial charge on any atom is 0.240 e. The monoisotopic (exact) mass is 427 g/mol. The lowest BCUT2D eigenvalue weighted by atomic mass is 9.85. The van der Waals surface area contributed by atoms with E-state index in [1.165, 1.54) is 0 Å². The first kappa shape index (κ1) is 20.2. The lowest BCUT2D eigenvalue weighted by molar-refractivity contribution is -0.143. The van der Waals surface area contributed by atoms with Crippen LogP contribution in [0, 0.1) is 11.8 Å². The summed E-state index contributed by atoms with van der Waals surface area (Å²) in [5.41, 5.74) is 3.22. The third kappa shape index (κ3) is 3.62. The number of nitrogens with zero attached hydrogens (tertiary/aromatic N) is 1. The SMILES string of the molecule is O=C(CN1C(=O)C2CC=CCC2C1=O)NCC(c1ccccc1)c1c[nH]c2ccccc12. The van der Waals surface area contributed by atoms with Crippen molar-refractivity contribution in [1.82, 2.24) is 15.2 Å². The number of hydrogen-bond donors (Lipinski definition) is 2. The fourth-order valence-corrected chi connectivity index (χ4v) is 4.92. The standard InChI is InChI=1S/C26H25N3O3/c30-24(16-29-25(31)19-11-4-5-12-20(19)26(29)32)28-14-21(17-8-2-1-3-9-17)22-15-27-23-13-7-6-10-18(22)23/h1-10,13,15,19-21,27H,11-12,14,16H2,(H,28,30). The Morgan fingerprint density at radius 3 is 2.34 bits per heavy atom. The van der Waals surface area contributed by atoms with Crippen LogP contribution < -0.4 is 5.32 Å². The third-order valence-electron chi connectivity index (χ3n) is 6.60. The number of likely N-dealkylation sites (tertiary alicyclic amines) is 1. The number of amides is 3. The molecule has 162 valence electrons. The predicted octanol–water partition coefficient (Wildman–Crippen LogP) is 3.37. The van der Waals surface area contributed by atoms with Crippen molar-refractivity contribution in [3.63, 3.8) is 0 Å². The second-order valence-electron chi connectivity index (χ2n) is 8.48. The molecule has 6 nitrogen and oxygen atoms in total. The van der Waals surface area contributed by atoms with Gasteiger partial charge in [-0.2, -0.15) is 0 Å². The van der Waals surface area contributed by atoms with E-state index in [0.717, 1.165) is 26.9 Å². The van der Waals surface area contributed by atoms with Gasteiger partial charge in [-0.1, -0.05) is 60.7 Å². The quantitative estimate of drug-likeness (QED) is 0.467. The summed E-state index contributed by atoms with van der Waals surface area (Å²) < 4.78 is 0. The Morgan fingerprint density at radius 2 is 1.62 bits per heavy atom. The van der Waals surface area contributed by atoms with E-state index in [0.29, 0.717) is 19.4 Å².